The Hall–Kier alpha value is -1.62. The van der Waals surface area contributed by atoms with Crippen LogP contribution in [0.4, 0.5) is 10.1 Å². The van der Waals surface area contributed by atoms with Gasteiger partial charge in [0.2, 0.25) is 5.91 Å². The fourth-order valence-electron chi connectivity index (χ4n) is 1.38. The summed E-state index contributed by atoms with van der Waals surface area (Å²) >= 11 is 0. The number of carbonyl (C=O) groups excluding carboxylic acids is 1. The molecule has 4 nitrogen and oxygen atoms in total. The maximum Gasteiger partial charge on any atom is 0.233 e. The Kier molecular flexibility index (Phi) is 4.25. The average Bonchev–Trinajstić information content (AvgIpc) is 2.23. The molecular weight excluding hydrogens is 209 g/mol. The second-order valence-electron chi connectivity index (χ2n) is 3.69. The number of hydrogen-bond donors (Lipinski definition) is 2. The summed E-state index contributed by atoms with van der Waals surface area (Å²) in [5.74, 6) is -0.407. The van der Waals surface area contributed by atoms with Crippen LogP contribution in [0.3, 0.4) is 0 Å². The van der Waals surface area contributed by atoms with Crippen molar-refractivity contribution in [1.82, 2.24) is 10.2 Å². The van der Waals surface area contributed by atoms with E-state index >= 15 is 0 Å². The number of nitrogens with one attached hydrogen (secondary N) is 1. The lowest BCUT2D eigenvalue weighted by Crippen LogP contribution is -2.32. The summed E-state index contributed by atoms with van der Waals surface area (Å²) in [6, 6.07) is 4.23. The van der Waals surface area contributed by atoms with Crippen LogP contribution >= 0.6 is 0 Å². The molecule has 1 rings (SSSR count). The second kappa shape index (κ2) is 5.46. The quantitative estimate of drug-likeness (QED) is 0.737. The molecule has 1 amide bonds. The Labute approximate surface area is 94.2 Å². The van der Waals surface area contributed by atoms with Gasteiger partial charge in [0, 0.05) is 19.3 Å². The third-order valence-electron chi connectivity index (χ3n) is 2.24. The Morgan fingerprint density at radius 3 is 2.88 bits per heavy atom. The van der Waals surface area contributed by atoms with Crippen LogP contribution in [0.25, 0.3) is 0 Å². The van der Waals surface area contributed by atoms with Crippen LogP contribution in [0.15, 0.2) is 18.2 Å². The van der Waals surface area contributed by atoms with E-state index in [0.29, 0.717) is 17.8 Å². The zero-order chi connectivity index (χ0) is 12.1. The van der Waals surface area contributed by atoms with Crippen molar-refractivity contribution in [3.8, 4) is 0 Å². The average molecular weight is 225 g/mol. The maximum absolute atomic E-state index is 13.0. The van der Waals surface area contributed by atoms with Crippen LogP contribution in [0.2, 0.25) is 0 Å². The van der Waals surface area contributed by atoms with E-state index < -0.39 is 0 Å². The molecule has 0 heterocycles. The molecule has 0 unspecified atom stereocenters. The van der Waals surface area contributed by atoms with Gasteiger partial charge in [-0.25, -0.2) is 4.39 Å². The van der Waals surface area contributed by atoms with Crippen molar-refractivity contribution in [3.63, 3.8) is 0 Å². The second-order valence-corrected chi connectivity index (χ2v) is 3.69. The fourth-order valence-corrected chi connectivity index (χ4v) is 1.38. The van der Waals surface area contributed by atoms with Crippen molar-refractivity contribution in [1.29, 1.82) is 0 Å². The number of amides is 1. The normalized spacial score (nSPS) is 10.5. The monoisotopic (exact) mass is 225 g/mol. The first-order chi connectivity index (χ1) is 7.52. The maximum atomic E-state index is 13.0. The molecule has 1 aromatic carbocycles. The number of likely N-dealkylation sites (N-methyl/N-ethyl adjacent to an activating group) is 2. The van der Waals surface area contributed by atoms with E-state index in [-0.39, 0.29) is 18.3 Å². The number of rotatable bonds is 4. The van der Waals surface area contributed by atoms with Crippen molar-refractivity contribution >= 4 is 11.6 Å². The summed E-state index contributed by atoms with van der Waals surface area (Å²) in [5, 5.41) is 2.52. The van der Waals surface area contributed by atoms with E-state index in [1.54, 1.807) is 19.0 Å². The smallest absolute Gasteiger partial charge is 0.233 e. The van der Waals surface area contributed by atoms with Crippen molar-refractivity contribution in [2.24, 2.45) is 0 Å². The molecule has 0 aliphatic heterocycles. The van der Waals surface area contributed by atoms with Crippen molar-refractivity contribution < 1.29 is 9.18 Å². The molecule has 0 saturated heterocycles. The molecule has 0 aromatic heterocycles. The predicted molar refractivity (Wildman–Crippen MR) is 61.2 cm³/mol. The molecular formula is C11H16FN3O. The van der Waals surface area contributed by atoms with Gasteiger partial charge in [-0.15, -0.1) is 0 Å². The third-order valence-corrected chi connectivity index (χ3v) is 2.24. The number of nitrogen functional groups attached to an aromatic ring is 1. The number of benzene rings is 1. The predicted octanol–water partition coefficient (Wildman–Crippen LogP) is 0.586. The van der Waals surface area contributed by atoms with E-state index in [4.69, 9.17) is 5.73 Å². The number of nitrogens with zero attached hydrogens (tertiary/aromatic N) is 1. The summed E-state index contributed by atoms with van der Waals surface area (Å²) < 4.78 is 13.0. The van der Waals surface area contributed by atoms with Crippen LogP contribution in [-0.2, 0) is 11.3 Å². The highest BCUT2D eigenvalue weighted by Crippen LogP contribution is 2.14. The molecule has 5 heteroatoms. The minimum absolute atomic E-state index is 0.0857. The fraction of sp³-hybridized carbons (Fsp3) is 0.364. The molecule has 3 N–H and O–H groups in total. The summed E-state index contributed by atoms with van der Waals surface area (Å²) in [4.78, 5) is 12.9. The molecule has 1 aromatic rings. The van der Waals surface area contributed by atoms with Gasteiger partial charge in [-0.05, 0) is 30.8 Å². The van der Waals surface area contributed by atoms with Crippen LogP contribution in [0.5, 0.6) is 0 Å². The number of carbonyl (C=O) groups is 1. The molecule has 0 aliphatic rings. The van der Waals surface area contributed by atoms with Gasteiger partial charge in [0.05, 0.1) is 6.54 Å². The van der Waals surface area contributed by atoms with Gasteiger partial charge in [0.1, 0.15) is 5.82 Å². The van der Waals surface area contributed by atoms with Gasteiger partial charge in [0.25, 0.3) is 0 Å². The molecule has 0 aliphatic carbocycles. The Morgan fingerprint density at radius 1 is 1.56 bits per heavy atom. The molecule has 88 valence electrons. The highest BCUT2D eigenvalue weighted by molar-refractivity contribution is 5.77. The van der Waals surface area contributed by atoms with Crippen LogP contribution in [-0.4, -0.2) is 31.4 Å². The van der Waals surface area contributed by atoms with Gasteiger partial charge >= 0.3 is 0 Å². The third kappa shape index (κ3) is 3.51. The first-order valence-corrected chi connectivity index (χ1v) is 4.96. The molecule has 0 bridgehead atoms. The van der Waals surface area contributed by atoms with E-state index in [2.05, 4.69) is 5.32 Å². The Morgan fingerprint density at radius 2 is 2.25 bits per heavy atom. The van der Waals surface area contributed by atoms with E-state index in [9.17, 15) is 9.18 Å². The molecule has 0 fully saturated rings. The molecule has 0 saturated carbocycles. The zero-order valence-corrected chi connectivity index (χ0v) is 9.46. The van der Waals surface area contributed by atoms with E-state index in [1.807, 2.05) is 0 Å². The minimum atomic E-state index is -0.322. The van der Waals surface area contributed by atoms with Gasteiger partial charge in [-0.2, -0.15) is 0 Å². The zero-order valence-electron chi connectivity index (χ0n) is 9.46. The van der Waals surface area contributed by atoms with Gasteiger partial charge in [-0.3, -0.25) is 9.69 Å². The molecule has 16 heavy (non-hydrogen) atoms. The minimum Gasteiger partial charge on any atom is -0.398 e. The standard InChI is InChI=1S/C11H16FN3O/c1-14-11(16)7-15(2)6-8-5-9(12)3-4-10(8)13/h3-5H,6-7,13H2,1-2H3,(H,14,16). The molecule has 0 spiro atoms. The number of nitrogens with two attached hydrogens (primary N) is 1. The Balaban J connectivity index is 2.65. The first kappa shape index (κ1) is 12.4. The van der Waals surface area contributed by atoms with Gasteiger partial charge in [-0.1, -0.05) is 0 Å². The van der Waals surface area contributed by atoms with Gasteiger partial charge in [0.15, 0.2) is 0 Å². The molecule has 0 atom stereocenters. The summed E-state index contributed by atoms with van der Waals surface area (Å²) in [6.07, 6.45) is 0. The highest BCUT2D eigenvalue weighted by atomic mass is 19.1. The summed E-state index contributed by atoms with van der Waals surface area (Å²) in [7, 11) is 3.35. The van der Waals surface area contributed by atoms with Crippen LogP contribution in [0, 0.1) is 5.82 Å². The number of halogens is 1. The lowest BCUT2D eigenvalue weighted by molar-refractivity contribution is -0.121. The SMILES string of the molecule is CNC(=O)CN(C)Cc1cc(F)ccc1N. The lowest BCUT2D eigenvalue weighted by Gasteiger charge is -2.16. The van der Waals surface area contributed by atoms with Crippen molar-refractivity contribution in [2.45, 2.75) is 6.54 Å². The first-order valence-electron chi connectivity index (χ1n) is 4.96. The van der Waals surface area contributed by atoms with Crippen molar-refractivity contribution in [3.05, 3.63) is 29.6 Å². The number of anilines is 1. The number of hydrogen-bond acceptors (Lipinski definition) is 3. The molecule has 0 radical (unpaired) electrons. The van der Waals surface area contributed by atoms with Crippen LogP contribution in [0.1, 0.15) is 5.56 Å². The van der Waals surface area contributed by atoms with Gasteiger partial charge < -0.3 is 11.1 Å². The van der Waals surface area contributed by atoms with E-state index in [0.717, 1.165) is 0 Å². The summed E-state index contributed by atoms with van der Waals surface area (Å²) in [5.41, 5.74) is 6.93. The summed E-state index contributed by atoms with van der Waals surface area (Å²) in [6.45, 7) is 0.698. The largest absolute Gasteiger partial charge is 0.398 e. The van der Waals surface area contributed by atoms with Crippen LogP contribution < -0.4 is 11.1 Å². The Bertz CT molecular complexity index is 381. The lowest BCUT2D eigenvalue weighted by atomic mass is 10.1. The topological polar surface area (TPSA) is 58.4 Å². The van der Waals surface area contributed by atoms with Crippen molar-refractivity contribution in [2.75, 3.05) is 26.4 Å². The van der Waals surface area contributed by atoms with E-state index in [1.165, 1.54) is 18.2 Å². The highest BCUT2D eigenvalue weighted by Gasteiger charge is 2.08.